The monoisotopic (exact) mass is 370 g/mol. The number of likely N-dealkylation sites (N-methyl/N-ethyl adjacent to an activating group) is 1. The van der Waals surface area contributed by atoms with Gasteiger partial charge in [0.05, 0.1) is 12.2 Å². The smallest absolute Gasteiger partial charge is 0.265 e. The van der Waals surface area contributed by atoms with Gasteiger partial charge in [-0.25, -0.2) is 0 Å². The van der Waals surface area contributed by atoms with Crippen LogP contribution in [0.2, 0.25) is 0 Å². The molecule has 1 unspecified atom stereocenters. The number of nitrogens with zero attached hydrogens (tertiary/aromatic N) is 4. The molecule has 1 aromatic heterocycles. The van der Waals surface area contributed by atoms with E-state index in [1.807, 2.05) is 36.2 Å². The average molecular weight is 370 g/mol. The number of rotatable bonds is 3. The van der Waals surface area contributed by atoms with Gasteiger partial charge in [0, 0.05) is 32.0 Å². The largest absolute Gasteiger partial charge is 0.477 e. The van der Waals surface area contributed by atoms with Crippen molar-refractivity contribution in [3.05, 3.63) is 36.0 Å². The summed E-state index contributed by atoms with van der Waals surface area (Å²) in [5, 5.41) is 4.06. The third kappa shape index (κ3) is 3.50. The Bertz CT molecular complexity index is 811. The molecule has 1 amide bonds. The number of aromatic nitrogens is 2. The van der Waals surface area contributed by atoms with E-state index < -0.39 is 6.10 Å². The molecular weight excluding hydrogens is 344 g/mol. The highest BCUT2D eigenvalue weighted by Gasteiger charge is 2.35. The standard InChI is InChI=1S/C20H26N4O3/c1-13(2)18-21-19(27-22-18)14-8-10-24(11-9-14)20(25)17-12-23(3)15-6-4-5-7-16(15)26-17/h4-7,13-14,17H,8-12H2,1-3H3. The number of anilines is 1. The normalized spacial score (nSPS) is 20.5. The number of benzene rings is 1. The van der Waals surface area contributed by atoms with E-state index in [0.717, 1.165) is 30.1 Å². The van der Waals surface area contributed by atoms with E-state index in [9.17, 15) is 4.79 Å². The van der Waals surface area contributed by atoms with Crippen molar-refractivity contribution in [1.82, 2.24) is 15.0 Å². The number of ether oxygens (including phenoxy) is 1. The number of fused-ring (bicyclic) bond motifs is 1. The number of amides is 1. The Morgan fingerprint density at radius 1 is 1.22 bits per heavy atom. The summed E-state index contributed by atoms with van der Waals surface area (Å²) in [6.45, 7) is 6.05. The number of carbonyl (C=O) groups excluding carboxylic acids is 1. The molecule has 27 heavy (non-hydrogen) atoms. The van der Waals surface area contributed by atoms with Crippen LogP contribution < -0.4 is 9.64 Å². The van der Waals surface area contributed by atoms with Gasteiger partial charge in [-0.05, 0) is 25.0 Å². The van der Waals surface area contributed by atoms with E-state index in [2.05, 4.69) is 28.9 Å². The molecule has 1 atom stereocenters. The van der Waals surface area contributed by atoms with Gasteiger partial charge >= 0.3 is 0 Å². The van der Waals surface area contributed by atoms with Crippen LogP contribution in [0.1, 0.15) is 50.2 Å². The van der Waals surface area contributed by atoms with Crippen LogP contribution in [-0.4, -0.2) is 53.7 Å². The molecule has 1 aromatic carbocycles. The molecule has 0 saturated carbocycles. The van der Waals surface area contributed by atoms with Crippen LogP contribution in [0.4, 0.5) is 5.69 Å². The molecule has 0 spiro atoms. The topological polar surface area (TPSA) is 71.7 Å². The Morgan fingerprint density at radius 3 is 2.67 bits per heavy atom. The first kappa shape index (κ1) is 17.8. The Kier molecular flexibility index (Phi) is 4.76. The molecule has 7 nitrogen and oxygen atoms in total. The molecule has 7 heteroatoms. The van der Waals surface area contributed by atoms with Gasteiger partial charge in [-0.1, -0.05) is 31.1 Å². The van der Waals surface area contributed by atoms with Crippen molar-refractivity contribution in [1.29, 1.82) is 0 Å². The molecule has 1 fully saturated rings. The zero-order chi connectivity index (χ0) is 19.0. The summed E-state index contributed by atoms with van der Waals surface area (Å²) < 4.78 is 11.4. The van der Waals surface area contributed by atoms with Crippen LogP contribution in [0, 0.1) is 0 Å². The van der Waals surface area contributed by atoms with Gasteiger partial charge in [-0.15, -0.1) is 0 Å². The molecule has 144 valence electrons. The van der Waals surface area contributed by atoms with Crippen molar-refractivity contribution >= 4 is 11.6 Å². The molecule has 0 aliphatic carbocycles. The number of hydrogen-bond donors (Lipinski definition) is 0. The van der Waals surface area contributed by atoms with Gasteiger partial charge in [-0.3, -0.25) is 4.79 Å². The van der Waals surface area contributed by atoms with Crippen molar-refractivity contribution < 1.29 is 14.1 Å². The third-order valence-corrected chi connectivity index (χ3v) is 5.39. The van der Waals surface area contributed by atoms with E-state index in [4.69, 9.17) is 9.26 Å². The van der Waals surface area contributed by atoms with Crippen molar-refractivity contribution in [2.45, 2.75) is 44.6 Å². The molecule has 2 aliphatic rings. The minimum absolute atomic E-state index is 0.0585. The first-order valence-corrected chi connectivity index (χ1v) is 9.62. The predicted octanol–water partition coefficient (Wildman–Crippen LogP) is 2.80. The summed E-state index contributed by atoms with van der Waals surface area (Å²) in [5.41, 5.74) is 1.03. The van der Waals surface area contributed by atoms with E-state index in [-0.39, 0.29) is 17.7 Å². The lowest BCUT2D eigenvalue weighted by Crippen LogP contribution is -2.51. The highest BCUT2D eigenvalue weighted by molar-refractivity contribution is 5.83. The molecule has 0 radical (unpaired) electrons. The van der Waals surface area contributed by atoms with Gasteiger partial charge in [0.15, 0.2) is 11.9 Å². The fourth-order valence-corrected chi connectivity index (χ4v) is 3.74. The maximum atomic E-state index is 13.0. The number of piperidine rings is 1. The lowest BCUT2D eigenvalue weighted by atomic mass is 9.96. The van der Waals surface area contributed by atoms with Crippen LogP contribution in [0.3, 0.4) is 0 Å². The van der Waals surface area contributed by atoms with Crippen LogP contribution in [0.5, 0.6) is 5.75 Å². The summed E-state index contributed by atoms with van der Waals surface area (Å²) in [4.78, 5) is 21.5. The van der Waals surface area contributed by atoms with Crippen LogP contribution in [0.15, 0.2) is 28.8 Å². The lowest BCUT2D eigenvalue weighted by molar-refractivity contribution is -0.139. The minimum atomic E-state index is -0.461. The minimum Gasteiger partial charge on any atom is -0.477 e. The molecule has 0 bridgehead atoms. The quantitative estimate of drug-likeness (QED) is 0.827. The van der Waals surface area contributed by atoms with Crippen LogP contribution in [-0.2, 0) is 4.79 Å². The second kappa shape index (κ2) is 7.21. The summed E-state index contributed by atoms with van der Waals surface area (Å²) >= 11 is 0. The number of hydrogen-bond acceptors (Lipinski definition) is 6. The van der Waals surface area contributed by atoms with E-state index in [0.29, 0.717) is 25.5 Å². The van der Waals surface area contributed by atoms with Crippen LogP contribution >= 0.6 is 0 Å². The number of carbonyl (C=O) groups is 1. The number of likely N-dealkylation sites (tertiary alicyclic amines) is 1. The van der Waals surface area contributed by atoms with Gasteiger partial charge in [0.25, 0.3) is 5.91 Å². The Balaban J connectivity index is 1.37. The summed E-state index contributed by atoms with van der Waals surface area (Å²) in [5.74, 6) is 2.76. The molecule has 2 aromatic rings. The highest BCUT2D eigenvalue weighted by Crippen LogP contribution is 2.33. The summed E-state index contributed by atoms with van der Waals surface area (Å²) in [7, 11) is 2.00. The van der Waals surface area contributed by atoms with Crippen molar-refractivity contribution in [2.24, 2.45) is 0 Å². The first-order chi connectivity index (χ1) is 13.0. The summed E-state index contributed by atoms with van der Waals surface area (Å²) in [6, 6.07) is 7.84. The Morgan fingerprint density at radius 2 is 1.96 bits per heavy atom. The Hall–Kier alpha value is -2.57. The molecule has 2 aliphatic heterocycles. The molecule has 3 heterocycles. The third-order valence-electron chi connectivity index (χ3n) is 5.39. The second-order valence-electron chi connectivity index (χ2n) is 7.70. The van der Waals surface area contributed by atoms with Crippen molar-refractivity contribution in [3.8, 4) is 5.75 Å². The van der Waals surface area contributed by atoms with Gasteiger partial charge in [-0.2, -0.15) is 4.98 Å². The van der Waals surface area contributed by atoms with E-state index in [1.54, 1.807) is 0 Å². The zero-order valence-corrected chi connectivity index (χ0v) is 16.1. The van der Waals surface area contributed by atoms with Gasteiger partial charge in [0.1, 0.15) is 5.75 Å². The zero-order valence-electron chi connectivity index (χ0n) is 16.1. The second-order valence-corrected chi connectivity index (χ2v) is 7.70. The molecular formula is C20H26N4O3. The predicted molar refractivity (Wildman–Crippen MR) is 101 cm³/mol. The van der Waals surface area contributed by atoms with Crippen molar-refractivity contribution in [3.63, 3.8) is 0 Å². The van der Waals surface area contributed by atoms with Gasteiger partial charge < -0.3 is 19.1 Å². The van der Waals surface area contributed by atoms with E-state index >= 15 is 0 Å². The number of para-hydroxylation sites is 2. The van der Waals surface area contributed by atoms with Crippen LogP contribution in [0.25, 0.3) is 0 Å². The maximum absolute atomic E-state index is 13.0. The van der Waals surface area contributed by atoms with Gasteiger partial charge in [0.2, 0.25) is 5.89 Å². The fraction of sp³-hybridized carbons (Fsp3) is 0.550. The maximum Gasteiger partial charge on any atom is 0.265 e. The Labute approximate surface area is 159 Å². The van der Waals surface area contributed by atoms with E-state index in [1.165, 1.54) is 0 Å². The SMILES string of the molecule is CC(C)c1noc(C2CCN(C(=O)C3CN(C)c4ccccc4O3)CC2)n1. The molecule has 4 rings (SSSR count). The fourth-order valence-electron chi connectivity index (χ4n) is 3.74. The lowest BCUT2D eigenvalue weighted by Gasteiger charge is -2.37. The first-order valence-electron chi connectivity index (χ1n) is 9.62. The molecule has 0 N–H and O–H groups in total. The van der Waals surface area contributed by atoms with Crippen molar-refractivity contribution in [2.75, 3.05) is 31.6 Å². The molecule has 1 saturated heterocycles. The highest BCUT2D eigenvalue weighted by atomic mass is 16.5. The average Bonchev–Trinajstić information content (AvgIpc) is 3.18. The summed E-state index contributed by atoms with van der Waals surface area (Å²) in [6.07, 6.45) is 1.22.